The van der Waals surface area contributed by atoms with Crippen molar-refractivity contribution < 1.29 is 27.0 Å². The molecule has 0 saturated heterocycles. The van der Waals surface area contributed by atoms with Crippen molar-refractivity contribution in [3.63, 3.8) is 0 Å². The molecule has 2 atom stereocenters. The summed E-state index contributed by atoms with van der Waals surface area (Å²) < 4.78 is 69.0. The van der Waals surface area contributed by atoms with Crippen molar-refractivity contribution in [1.82, 2.24) is 0 Å². The van der Waals surface area contributed by atoms with Gasteiger partial charge in [-0.05, 0) is 99.8 Å². The zero-order chi connectivity index (χ0) is 25.7. The first kappa shape index (κ1) is 26.6. The van der Waals surface area contributed by atoms with E-state index in [9.17, 15) is 17.6 Å². The highest BCUT2D eigenvalue weighted by Crippen LogP contribution is 2.40. The largest absolute Gasteiger partial charge is 0.491 e. The highest BCUT2D eigenvalue weighted by Gasteiger charge is 2.29. The monoisotopic (exact) mass is 504 g/mol. The molecule has 6 heteroatoms. The van der Waals surface area contributed by atoms with Crippen molar-refractivity contribution in [2.45, 2.75) is 65.2 Å². The van der Waals surface area contributed by atoms with Gasteiger partial charge in [-0.1, -0.05) is 25.5 Å². The van der Waals surface area contributed by atoms with Gasteiger partial charge >= 0.3 is 0 Å². The molecule has 196 valence electrons. The molecule has 1 saturated carbocycles. The summed E-state index contributed by atoms with van der Waals surface area (Å²) in [5, 5.41) is 0. The molecule has 1 fully saturated rings. The first-order valence-corrected chi connectivity index (χ1v) is 13.3. The van der Waals surface area contributed by atoms with Crippen molar-refractivity contribution in [1.29, 1.82) is 0 Å². The summed E-state index contributed by atoms with van der Waals surface area (Å²) in [6, 6.07) is 4.91. The SMILES string of the molecule is CCCC1C=CC(C2CCC(COc3ccc(-c4ccc(OCC)c(F)c4F)c(F)c3F)CC2)CC1. The first-order chi connectivity index (χ1) is 17.4. The Morgan fingerprint density at radius 1 is 0.694 bits per heavy atom. The maximum absolute atomic E-state index is 14.8. The first-order valence-electron chi connectivity index (χ1n) is 13.3. The summed E-state index contributed by atoms with van der Waals surface area (Å²) in [7, 11) is 0. The second-order valence-corrected chi connectivity index (χ2v) is 10.2. The van der Waals surface area contributed by atoms with Gasteiger partial charge in [0.1, 0.15) is 0 Å². The van der Waals surface area contributed by atoms with E-state index in [4.69, 9.17) is 9.47 Å². The molecule has 0 bridgehead atoms. The molecular weight excluding hydrogens is 468 g/mol. The molecule has 0 amide bonds. The van der Waals surface area contributed by atoms with Gasteiger partial charge in [-0.2, -0.15) is 8.78 Å². The van der Waals surface area contributed by atoms with E-state index in [-0.39, 0.29) is 29.2 Å². The Labute approximate surface area is 211 Å². The van der Waals surface area contributed by atoms with Gasteiger partial charge in [0.25, 0.3) is 0 Å². The van der Waals surface area contributed by atoms with Gasteiger partial charge in [-0.3, -0.25) is 0 Å². The molecule has 2 aromatic rings. The minimum absolute atomic E-state index is 0.156. The van der Waals surface area contributed by atoms with Gasteiger partial charge in [-0.25, -0.2) is 8.78 Å². The molecule has 2 aromatic carbocycles. The highest BCUT2D eigenvalue weighted by atomic mass is 19.2. The Hall–Kier alpha value is -2.50. The fourth-order valence-electron chi connectivity index (χ4n) is 5.75. The predicted molar refractivity (Wildman–Crippen MR) is 134 cm³/mol. The molecule has 2 aliphatic rings. The standard InChI is InChI=1S/C30H36F4O2/c1-3-5-19-6-10-21(11-7-19)22-12-8-20(9-13-22)18-36-26-17-15-24(28(32)30(26)34)23-14-16-25(35-4-2)29(33)27(23)31/h6,10,14-17,19-22H,3-5,7-9,11-13,18H2,1-2H3. The van der Waals surface area contributed by atoms with Crippen molar-refractivity contribution in [3.05, 3.63) is 59.7 Å². The number of rotatable bonds is 9. The Morgan fingerprint density at radius 3 is 1.83 bits per heavy atom. The molecule has 0 spiro atoms. The van der Waals surface area contributed by atoms with E-state index in [1.165, 1.54) is 49.9 Å². The number of halogens is 4. The van der Waals surface area contributed by atoms with Crippen LogP contribution in [-0.2, 0) is 0 Å². The van der Waals surface area contributed by atoms with E-state index >= 15 is 0 Å². The fraction of sp³-hybridized carbons (Fsp3) is 0.533. The molecule has 4 rings (SSSR count). The van der Waals surface area contributed by atoms with Gasteiger partial charge < -0.3 is 9.47 Å². The second-order valence-electron chi connectivity index (χ2n) is 10.2. The van der Waals surface area contributed by atoms with Gasteiger partial charge in [-0.15, -0.1) is 0 Å². The van der Waals surface area contributed by atoms with Crippen LogP contribution in [0.2, 0.25) is 0 Å². The fourth-order valence-corrected chi connectivity index (χ4v) is 5.75. The summed E-state index contributed by atoms with van der Waals surface area (Å²) in [4.78, 5) is 0. The summed E-state index contributed by atoms with van der Waals surface area (Å²) in [6.07, 6.45) is 14.2. The lowest BCUT2D eigenvalue weighted by Crippen LogP contribution is -2.25. The molecule has 0 aliphatic heterocycles. The summed E-state index contributed by atoms with van der Waals surface area (Å²) in [5.74, 6) is -3.05. The summed E-state index contributed by atoms with van der Waals surface area (Å²) in [6.45, 7) is 4.35. The van der Waals surface area contributed by atoms with Crippen molar-refractivity contribution in [3.8, 4) is 22.6 Å². The van der Waals surface area contributed by atoms with E-state index in [1.54, 1.807) is 6.92 Å². The molecule has 0 heterocycles. The summed E-state index contributed by atoms with van der Waals surface area (Å²) in [5.41, 5.74) is -0.725. The minimum atomic E-state index is -1.28. The van der Waals surface area contributed by atoms with Crippen LogP contribution in [0, 0.1) is 46.9 Å². The van der Waals surface area contributed by atoms with Crippen molar-refractivity contribution in [2.75, 3.05) is 13.2 Å². The predicted octanol–water partition coefficient (Wildman–Crippen LogP) is 8.88. The Balaban J connectivity index is 1.34. The average Bonchev–Trinajstić information content (AvgIpc) is 2.89. The lowest BCUT2D eigenvalue weighted by Gasteiger charge is -2.35. The second kappa shape index (κ2) is 12.2. The highest BCUT2D eigenvalue weighted by molar-refractivity contribution is 5.67. The minimum Gasteiger partial charge on any atom is -0.491 e. The lowest BCUT2D eigenvalue weighted by atomic mass is 9.72. The zero-order valence-corrected chi connectivity index (χ0v) is 21.2. The molecular formula is C30H36F4O2. The zero-order valence-electron chi connectivity index (χ0n) is 21.2. The molecule has 36 heavy (non-hydrogen) atoms. The molecule has 2 unspecified atom stereocenters. The third-order valence-electron chi connectivity index (χ3n) is 7.82. The smallest absolute Gasteiger partial charge is 0.201 e. The maximum Gasteiger partial charge on any atom is 0.201 e. The third-order valence-corrected chi connectivity index (χ3v) is 7.82. The quantitative estimate of drug-likeness (QED) is 0.251. The topological polar surface area (TPSA) is 18.5 Å². The van der Waals surface area contributed by atoms with Crippen LogP contribution in [0.4, 0.5) is 17.6 Å². The van der Waals surface area contributed by atoms with E-state index in [1.807, 2.05) is 0 Å². The van der Waals surface area contributed by atoms with Gasteiger partial charge in [0.05, 0.1) is 13.2 Å². The van der Waals surface area contributed by atoms with Crippen LogP contribution in [0.15, 0.2) is 36.4 Å². The number of allylic oxidation sites excluding steroid dienone is 2. The van der Waals surface area contributed by atoms with Crippen LogP contribution < -0.4 is 9.47 Å². The molecule has 0 radical (unpaired) electrons. The number of ether oxygens (including phenoxy) is 2. The van der Waals surface area contributed by atoms with Crippen LogP contribution in [0.25, 0.3) is 11.1 Å². The summed E-state index contributed by atoms with van der Waals surface area (Å²) >= 11 is 0. The maximum atomic E-state index is 14.8. The Kier molecular flexibility index (Phi) is 8.97. The third kappa shape index (κ3) is 5.90. The normalized spacial score (nSPS) is 24.1. The van der Waals surface area contributed by atoms with E-state index in [2.05, 4.69) is 19.1 Å². The van der Waals surface area contributed by atoms with Crippen LogP contribution >= 0.6 is 0 Å². The lowest BCUT2D eigenvalue weighted by molar-refractivity contribution is 0.155. The number of hydrogen-bond acceptors (Lipinski definition) is 2. The number of benzene rings is 2. The van der Waals surface area contributed by atoms with Crippen LogP contribution in [-0.4, -0.2) is 13.2 Å². The van der Waals surface area contributed by atoms with E-state index < -0.39 is 23.3 Å². The van der Waals surface area contributed by atoms with Gasteiger partial charge in [0, 0.05) is 11.1 Å². The van der Waals surface area contributed by atoms with Crippen molar-refractivity contribution >= 4 is 0 Å². The molecule has 0 aromatic heterocycles. The molecule has 2 aliphatic carbocycles. The number of hydrogen-bond donors (Lipinski definition) is 0. The van der Waals surface area contributed by atoms with Crippen molar-refractivity contribution in [2.24, 2.45) is 23.7 Å². The average molecular weight is 505 g/mol. The van der Waals surface area contributed by atoms with E-state index in [0.29, 0.717) is 24.4 Å². The molecule has 2 nitrogen and oxygen atoms in total. The Bertz CT molecular complexity index is 1060. The van der Waals surface area contributed by atoms with Gasteiger partial charge in [0.15, 0.2) is 23.1 Å². The van der Waals surface area contributed by atoms with Crippen LogP contribution in [0.3, 0.4) is 0 Å². The van der Waals surface area contributed by atoms with E-state index in [0.717, 1.165) is 31.6 Å². The Morgan fingerprint density at radius 2 is 1.31 bits per heavy atom. The van der Waals surface area contributed by atoms with Crippen LogP contribution in [0.1, 0.15) is 65.2 Å². The molecule has 0 N–H and O–H groups in total. The van der Waals surface area contributed by atoms with Gasteiger partial charge in [0.2, 0.25) is 11.6 Å². The van der Waals surface area contributed by atoms with Crippen LogP contribution in [0.5, 0.6) is 11.5 Å².